The van der Waals surface area contributed by atoms with Crippen LogP contribution >= 0.6 is 0 Å². The summed E-state index contributed by atoms with van der Waals surface area (Å²) in [6, 6.07) is 0. The van der Waals surface area contributed by atoms with Gasteiger partial charge in [-0.15, -0.1) is 0 Å². The molecular formula is O3S2Tl2. The number of rotatable bonds is 0. The standard InChI is InChI=1S/H2O3S2.2Tl/c1-5(2,3)4;;/h(H2,1,2,3,4);;/q;2*+1/p-2. The third kappa shape index (κ3) is 68.2. The molecule has 0 aliphatic rings. The molecule has 0 saturated carbocycles. The maximum Gasteiger partial charge on any atom is 1.00 e. The van der Waals surface area contributed by atoms with Gasteiger partial charge in [0.25, 0.3) is 0 Å². The predicted molar refractivity (Wildman–Crippen MR) is 28.6 cm³/mol. The van der Waals surface area contributed by atoms with Gasteiger partial charge in [-0.05, 0) is 9.15 Å². The first-order valence-electron chi connectivity index (χ1n) is 0.667. The van der Waals surface area contributed by atoms with E-state index in [0.717, 1.165) is 0 Å². The van der Waals surface area contributed by atoms with Crippen molar-refractivity contribution in [2.24, 2.45) is 0 Å². The van der Waals surface area contributed by atoms with Crippen LogP contribution < -0.4 is 0 Å². The van der Waals surface area contributed by atoms with Gasteiger partial charge in [0.1, 0.15) is 0 Å². The molecule has 3 nitrogen and oxygen atoms in total. The van der Waals surface area contributed by atoms with E-state index in [1.165, 1.54) is 0 Å². The molecule has 0 amide bonds. The average Bonchev–Trinajstić information content (AvgIpc) is 0.722. The van der Waals surface area contributed by atoms with Gasteiger partial charge >= 0.3 is 54.6 Å². The molecule has 0 unspecified atom stereocenters. The van der Waals surface area contributed by atoms with Crippen molar-refractivity contribution in [1.29, 1.82) is 0 Å². The van der Waals surface area contributed by atoms with Gasteiger partial charge in [-0.2, -0.15) is 0 Å². The smallest absolute Gasteiger partial charge is 0.768 e. The van der Waals surface area contributed by atoms with Crippen molar-refractivity contribution in [1.82, 2.24) is 0 Å². The van der Waals surface area contributed by atoms with Crippen LogP contribution in [-0.2, 0) is 20.8 Å². The molecule has 0 spiro atoms. The van der Waals surface area contributed by atoms with Crippen LogP contribution in [0.15, 0.2) is 0 Å². The van der Waals surface area contributed by atoms with Gasteiger partial charge in [0.2, 0.25) is 0 Å². The van der Waals surface area contributed by atoms with Crippen molar-refractivity contribution in [3.05, 3.63) is 0 Å². The van der Waals surface area contributed by atoms with Gasteiger partial charge in [0, 0.05) is 0 Å². The van der Waals surface area contributed by atoms with Crippen LogP contribution in [0.3, 0.4) is 0 Å². The van der Waals surface area contributed by atoms with Crippen LogP contribution in [0.2, 0.25) is 0 Å². The molecule has 0 N–H and O–H groups in total. The Bertz CT molecular complexity index is 94.1. The summed E-state index contributed by atoms with van der Waals surface area (Å²) >= 11 is 3.24. The molecular weight excluding hydrogens is 521 g/mol. The summed E-state index contributed by atoms with van der Waals surface area (Å²) in [5, 5.41) is 0. The summed E-state index contributed by atoms with van der Waals surface area (Å²) in [4.78, 5) is 0. The van der Waals surface area contributed by atoms with E-state index in [1.54, 1.807) is 0 Å². The normalized spacial score (nSPS) is 8.29. The van der Waals surface area contributed by atoms with E-state index < -0.39 is 9.15 Å². The average molecular weight is 521 g/mol. The third-order valence-electron chi connectivity index (χ3n) is 0. The largest absolute Gasteiger partial charge is 1.00 e. The molecule has 0 bridgehead atoms. The summed E-state index contributed by atoms with van der Waals surface area (Å²) < 4.78 is 26.7. The molecule has 0 aromatic carbocycles. The van der Waals surface area contributed by atoms with E-state index in [2.05, 4.69) is 11.7 Å². The molecule has 0 atom stereocenters. The maximum atomic E-state index is 8.89. The molecule has 36 valence electrons. The minimum Gasteiger partial charge on any atom is -0.768 e. The van der Waals surface area contributed by atoms with Crippen LogP contribution in [0.5, 0.6) is 0 Å². The zero-order valence-electron chi connectivity index (χ0n) is 3.20. The topological polar surface area (TPSA) is 57.2 Å². The van der Waals surface area contributed by atoms with Crippen LogP contribution in [0.25, 0.3) is 0 Å². The second-order valence-corrected chi connectivity index (χ2v) is 2.45. The van der Waals surface area contributed by atoms with E-state index in [9.17, 15) is 0 Å². The summed E-state index contributed by atoms with van der Waals surface area (Å²) in [6.07, 6.45) is 0. The Balaban J connectivity index is -0.0000000800. The zero-order valence-corrected chi connectivity index (χ0v) is 13.8. The van der Waals surface area contributed by atoms with E-state index in [1.807, 2.05) is 0 Å². The minimum atomic E-state index is -4.33. The molecule has 7 heavy (non-hydrogen) atoms. The molecule has 0 heterocycles. The Morgan fingerprint density at radius 1 is 1.29 bits per heavy atom. The first-order valence-corrected chi connectivity index (χ1v) is 3.00. The molecule has 0 aliphatic carbocycles. The van der Waals surface area contributed by atoms with Crippen LogP contribution in [0, 0.1) is 0 Å². The molecule has 7 heteroatoms. The van der Waals surface area contributed by atoms with Gasteiger partial charge < -0.3 is 16.2 Å². The van der Waals surface area contributed by atoms with Crippen molar-refractivity contribution in [3.63, 3.8) is 0 Å². The predicted octanol–water partition coefficient (Wildman–Crippen LogP) is -1.77. The van der Waals surface area contributed by atoms with Gasteiger partial charge in [-0.3, -0.25) is 8.42 Å². The fraction of sp³-hybridized carbons (Fsp3) is 0. The summed E-state index contributed by atoms with van der Waals surface area (Å²) in [5.41, 5.74) is 0. The number of hydrogen-bond donors (Lipinski definition) is 0. The molecule has 0 fully saturated rings. The first kappa shape index (κ1) is 16.0. The minimum absolute atomic E-state index is 0. The molecule has 0 radical (unpaired) electrons. The van der Waals surface area contributed by atoms with Gasteiger partial charge in [-0.1, -0.05) is 0 Å². The fourth-order valence-electron chi connectivity index (χ4n) is 0. The Morgan fingerprint density at radius 2 is 1.29 bits per heavy atom. The quantitative estimate of drug-likeness (QED) is 0.164. The molecule has 0 aromatic heterocycles. The summed E-state index contributed by atoms with van der Waals surface area (Å²) in [7, 11) is -4.33. The van der Waals surface area contributed by atoms with Crippen molar-refractivity contribution >= 4 is 75.4 Å². The second kappa shape index (κ2) is 6.23. The maximum absolute atomic E-state index is 8.89. The van der Waals surface area contributed by atoms with Crippen LogP contribution in [-0.4, -0.2) is 67.6 Å². The SMILES string of the molecule is O=S(=O)([O-])[S-].[Tl+].[Tl+]. The van der Waals surface area contributed by atoms with Crippen LogP contribution in [0.1, 0.15) is 0 Å². The molecule has 0 rings (SSSR count). The summed E-state index contributed by atoms with van der Waals surface area (Å²) in [5.74, 6) is 0. The first-order chi connectivity index (χ1) is 2.00. The molecule has 0 saturated heterocycles. The molecule has 0 aromatic rings. The van der Waals surface area contributed by atoms with E-state index in [0.29, 0.717) is 0 Å². The Hall–Kier alpha value is 2.10. The van der Waals surface area contributed by atoms with Crippen molar-refractivity contribution in [2.45, 2.75) is 0 Å². The zero-order chi connectivity index (χ0) is 4.50. The monoisotopic (exact) mass is 522 g/mol. The summed E-state index contributed by atoms with van der Waals surface area (Å²) in [6.45, 7) is 0. The van der Waals surface area contributed by atoms with Crippen molar-refractivity contribution in [2.75, 3.05) is 0 Å². The van der Waals surface area contributed by atoms with Crippen molar-refractivity contribution < 1.29 is 13.0 Å². The third-order valence-corrected chi connectivity index (χ3v) is 0. The van der Waals surface area contributed by atoms with Crippen LogP contribution in [0.4, 0.5) is 0 Å². The van der Waals surface area contributed by atoms with E-state index in [-0.39, 0.29) is 54.6 Å². The second-order valence-electron chi connectivity index (χ2n) is 0.408. The van der Waals surface area contributed by atoms with Crippen molar-refractivity contribution in [3.8, 4) is 0 Å². The van der Waals surface area contributed by atoms with Gasteiger partial charge in [0.15, 0.2) is 0 Å². The Morgan fingerprint density at radius 3 is 1.29 bits per heavy atom. The van der Waals surface area contributed by atoms with E-state index >= 15 is 0 Å². The Labute approximate surface area is 87.1 Å². The molecule has 0 aliphatic heterocycles. The Kier molecular flexibility index (Phi) is 14.3. The van der Waals surface area contributed by atoms with Gasteiger partial charge in [0.05, 0.1) is 0 Å². The number of hydrogen-bond acceptors (Lipinski definition) is 4. The van der Waals surface area contributed by atoms with E-state index in [4.69, 9.17) is 13.0 Å². The fourth-order valence-corrected chi connectivity index (χ4v) is 0. The van der Waals surface area contributed by atoms with Gasteiger partial charge in [-0.25, -0.2) is 0 Å².